The SMILES string of the molecule is CCCN(CCC)C(CC)CC(=O)O. The predicted molar refractivity (Wildman–Crippen MR) is 58.5 cm³/mol. The van der Waals surface area contributed by atoms with Gasteiger partial charge in [-0.25, -0.2) is 0 Å². The van der Waals surface area contributed by atoms with Gasteiger partial charge in [0.2, 0.25) is 0 Å². The summed E-state index contributed by atoms with van der Waals surface area (Å²) in [5, 5.41) is 8.77. The van der Waals surface area contributed by atoms with E-state index in [4.69, 9.17) is 5.11 Å². The van der Waals surface area contributed by atoms with E-state index in [0.29, 0.717) is 0 Å². The maximum absolute atomic E-state index is 10.7. The molecule has 1 unspecified atom stereocenters. The fourth-order valence-corrected chi connectivity index (χ4v) is 1.78. The van der Waals surface area contributed by atoms with Gasteiger partial charge in [0, 0.05) is 6.04 Å². The monoisotopic (exact) mass is 201 g/mol. The van der Waals surface area contributed by atoms with Crippen LogP contribution in [-0.4, -0.2) is 35.1 Å². The van der Waals surface area contributed by atoms with E-state index in [1.54, 1.807) is 0 Å². The molecule has 1 atom stereocenters. The Morgan fingerprint density at radius 3 is 2.00 bits per heavy atom. The van der Waals surface area contributed by atoms with E-state index in [9.17, 15) is 4.79 Å². The van der Waals surface area contributed by atoms with Crippen LogP contribution >= 0.6 is 0 Å². The number of carboxylic acids is 1. The number of carbonyl (C=O) groups is 1. The minimum atomic E-state index is -0.686. The third kappa shape index (κ3) is 5.22. The molecule has 0 saturated carbocycles. The molecule has 0 saturated heterocycles. The van der Waals surface area contributed by atoms with E-state index in [1.807, 2.05) is 0 Å². The van der Waals surface area contributed by atoms with Gasteiger partial charge in [0.15, 0.2) is 0 Å². The van der Waals surface area contributed by atoms with Crippen molar-refractivity contribution in [1.29, 1.82) is 0 Å². The first kappa shape index (κ1) is 13.4. The fraction of sp³-hybridized carbons (Fsp3) is 0.909. The third-order valence-electron chi connectivity index (χ3n) is 2.42. The highest BCUT2D eigenvalue weighted by atomic mass is 16.4. The highest BCUT2D eigenvalue weighted by Crippen LogP contribution is 2.10. The number of hydrogen-bond donors (Lipinski definition) is 1. The van der Waals surface area contributed by atoms with Crippen LogP contribution in [0, 0.1) is 0 Å². The van der Waals surface area contributed by atoms with Gasteiger partial charge in [0.05, 0.1) is 6.42 Å². The Labute approximate surface area is 87.1 Å². The average Bonchev–Trinajstić information content (AvgIpc) is 2.13. The van der Waals surface area contributed by atoms with E-state index in [2.05, 4.69) is 25.7 Å². The quantitative estimate of drug-likeness (QED) is 0.655. The van der Waals surface area contributed by atoms with Crippen molar-refractivity contribution in [2.75, 3.05) is 13.1 Å². The molecule has 0 fully saturated rings. The fourth-order valence-electron chi connectivity index (χ4n) is 1.78. The maximum atomic E-state index is 10.7. The molecule has 14 heavy (non-hydrogen) atoms. The van der Waals surface area contributed by atoms with E-state index in [0.717, 1.165) is 32.4 Å². The highest BCUT2D eigenvalue weighted by Gasteiger charge is 2.17. The zero-order chi connectivity index (χ0) is 11.0. The Bertz CT molecular complexity index is 153. The molecule has 0 aromatic carbocycles. The number of carboxylic acid groups (broad SMARTS) is 1. The second-order valence-corrected chi connectivity index (χ2v) is 3.70. The number of nitrogens with zero attached hydrogens (tertiary/aromatic N) is 1. The van der Waals surface area contributed by atoms with Gasteiger partial charge < -0.3 is 5.11 Å². The normalized spacial score (nSPS) is 13.1. The second kappa shape index (κ2) is 7.80. The van der Waals surface area contributed by atoms with Crippen molar-refractivity contribution in [2.45, 2.75) is 52.5 Å². The molecule has 0 aliphatic carbocycles. The van der Waals surface area contributed by atoms with Gasteiger partial charge in [0.25, 0.3) is 0 Å². The molecule has 0 amide bonds. The first-order chi connectivity index (χ1) is 6.65. The summed E-state index contributed by atoms with van der Waals surface area (Å²) >= 11 is 0. The molecule has 0 radical (unpaired) electrons. The van der Waals surface area contributed by atoms with Crippen molar-refractivity contribution in [2.24, 2.45) is 0 Å². The van der Waals surface area contributed by atoms with Gasteiger partial charge in [-0.1, -0.05) is 20.8 Å². The largest absolute Gasteiger partial charge is 0.481 e. The zero-order valence-corrected chi connectivity index (χ0v) is 9.62. The molecule has 0 heterocycles. The molecule has 1 N–H and O–H groups in total. The standard InChI is InChI=1S/C11H23NO2/c1-4-7-12(8-5-2)10(6-3)9-11(13)14/h10H,4-9H2,1-3H3,(H,13,14). The molecule has 0 bridgehead atoms. The van der Waals surface area contributed by atoms with Crippen LogP contribution < -0.4 is 0 Å². The van der Waals surface area contributed by atoms with Crippen molar-refractivity contribution in [3.63, 3.8) is 0 Å². The van der Waals surface area contributed by atoms with Crippen molar-refractivity contribution < 1.29 is 9.90 Å². The lowest BCUT2D eigenvalue weighted by Gasteiger charge is -2.29. The average molecular weight is 201 g/mol. The first-order valence-corrected chi connectivity index (χ1v) is 5.61. The van der Waals surface area contributed by atoms with Crippen LogP contribution in [0.1, 0.15) is 46.5 Å². The summed E-state index contributed by atoms with van der Waals surface area (Å²) in [5.74, 6) is -0.686. The van der Waals surface area contributed by atoms with Gasteiger partial charge >= 0.3 is 5.97 Å². The van der Waals surface area contributed by atoms with Gasteiger partial charge in [-0.05, 0) is 32.4 Å². The molecule has 0 aromatic heterocycles. The van der Waals surface area contributed by atoms with Gasteiger partial charge in [-0.2, -0.15) is 0 Å². The van der Waals surface area contributed by atoms with Crippen molar-refractivity contribution in [3.8, 4) is 0 Å². The van der Waals surface area contributed by atoms with Crippen LogP contribution in [0.4, 0.5) is 0 Å². The van der Waals surface area contributed by atoms with Crippen LogP contribution in [0.3, 0.4) is 0 Å². The minimum Gasteiger partial charge on any atom is -0.481 e. The number of aliphatic carboxylic acids is 1. The lowest BCUT2D eigenvalue weighted by Crippen LogP contribution is -2.37. The molecule has 0 aliphatic heterocycles. The molecule has 3 heteroatoms. The first-order valence-electron chi connectivity index (χ1n) is 5.61. The molecule has 0 spiro atoms. The van der Waals surface area contributed by atoms with Gasteiger partial charge in [-0.3, -0.25) is 9.69 Å². The molecule has 0 aromatic rings. The predicted octanol–water partition coefficient (Wildman–Crippen LogP) is 2.36. The molecular weight excluding hydrogens is 178 g/mol. The van der Waals surface area contributed by atoms with Crippen LogP contribution in [-0.2, 0) is 4.79 Å². The smallest absolute Gasteiger partial charge is 0.304 e. The summed E-state index contributed by atoms with van der Waals surface area (Å²) in [5.41, 5.74) is 0. The molecule has 3 nitrogen and oxygen atoms in total. The summed E-state index contributed by atoms with van der Waals surface area (Å²) in [4.78, 5) is 13.0. The minimum absolute atomic E-state index is 0.215. The molecule has 0 aliphatic rings. The van der Waals surface area contributed by atoms with Crippen molar-refractivity contribution in [3.05, 3.63) is 0 Å². The van der Waals surface area contributed by atoms with Gasteiger partial charge in [0.1, 0.15) is 0 Å². The Balaban J connectivity index is 4.16. The van der Waals surface area contributed by atoms with E-state index >= 15 is 0 Å². The summed E-state index contributed by atoms with van der Waals surface area (Å²) in [6.07, 6.45) is 3.38. The highest BCUT2D eigenvalue weighted by molar-refractivity contribution is 5.67. The molecular formula is C11H23NO2. The Morgan fingerprint density at radius 1 is 1.21 bits per heavy atom. The van der Waals surface area contributed by atoms with E-state index in [1.165, 1.54) is 0 Å². The Kier molecular flexibility index (Phi) is 7.48. The number of hydrogen-bond acceptors (Lipinski definition) is 2. The van der Waals surface area contributed by atoms with E-state index < -0.39 is 5.97 Å². The van der Waals surface area contributed by atoms with Crippen molar-refractivity contribution in [1.82, 2.24) is 4.90 Å². The lowest BCUT2D eigenvalue weighted by atomic mass is 10.1. The van der Waals surface area contributed by atoms with Crippen LogP contribution in [0.15, 0.2) is 0 Å². The van der Waals surface area contributed by atoms with Gasteiger partial charge in [-0.15, -0.1) is 0 Å². The summed E-state index contributed by atoms with van der Waals surface area (Å²) in [6, 6.07) is 0.215. The second-order valence-electron chi connectivity index (χ2n) is 3.70. The van der Waals surface area contributed by atoms with E-state index in [-0.39, 0.29) is 12.5 Å². The van der Waals surface area contributed by atoms with Crippen LogP contribution in [0.25, 0.3) is 0 Å². The number of rotatable bonds is 8. The topological polar surface area (TPSA) is 40.5 Å². The Morgan fingerprint density at radius 2 is 1.71 bits per heavy atom. The van der Waals surface area contributed by atoms with Crippen molar-refractivity contribution >= 4 is 5.97 Å². The summed E-state index contributed by atoms with van der Waals surface area (Å²) in [7, 11) is 0. The summed E-state index contributed by atoms with van der Waals surface area (Å²) < 4.78 is 0. The Hall–Kier alpha value is -0.570. The molecule has 0 rings (SSSR count). The maximum Gasteiger partial charge on any atom is 0.304 e. The third-order valence-corrected chi connectivity index (χ3v) is 2.42. The van der Waals surface area contributed by atoms with Crippen LogP contribution in [0.2, 0.25) is 0 Å². The van der Waals surface area contributed by atoms with Crippen LogP contribution in [0.5, 0.6) is 0 Å². The lowest BCUT2D eigenvalue weighted by molar-refractivity contribution is -0.138. The summed E-state index contributed by atoms with van der Waals surface area (Å²) in [6.45, 7) is 8.36. The zero-order valence-electron chi connectivity index (χ0n) is 9.62. The molecule has 84 valence electrons.